The van der Waals surface area contributed by atoms with Crippen LogP contribution in [0.1, 0.15) is 27.2 Å². The van der Waals surface area contributed by atoms with Crippen LogP contribution in [0.4, 0.5) is 0 Å². The van der Waals surface area contributed by atoms with Gasteiger partial charge < -0.3 is 16.8 Å². The molecule has 0 saturated heterocycles. The van der Waals surface area contributed by atoms with Crippen LogP contribution < -0.4 is 16.8 Å². The van der Waals surface area contributed by atoms with Crippen LogP contribution in [-0.2, 0) is 0 Å². The molecule has 0 amide bonds. The summed E-state index contributed by atoms with van der Waals surface area (Å²) in [6.07, 6.45) is 4.76. The highest BCUT2D eigenvalue weighted by atomic mass is 15.1. The highest BCUT2D eigenvalue weighted by Gasteiger charge is 1.79. The fourth-order valence-corrected chi connectivity index (χ4v) is 0.313. The van der Waals surface area contributed by atoms with Gasteiger partial charge in [-0.2, -0.15) is 0 Å². The lowest BCUT2D eigenvalue weighted by Gasteiger charge is -1.95. The zero-order valence-electron chi connectivity index (χ0n) is 8.17. The van der Waals surface area contributed by atoms with Crippen LogP contribution in [0.3, 0.4) is 0 Å². The van der Waals surface area contributed by atoms with Crippen molar-refractivity contribution in [3.8, 4) is 0 Å². The average Bonchev–Trinajstić information content (AvgIpc) is 2.03. The van der Waals surface area contributed by atoms with E-state index >= 15 is 0 Å². The van der Waals surface area contributed by atoms with Gasteiger partial charge in [-0.15, -0.1) is 0 Å². The normalized spacial score (nSPS) is 10.8. The van der Waals surface area contributed by atoms with Crippen molar-refractivity contribution in [2.45, 2.75) is 27.2 Å². The molecule has 0 saturated carbocycles. The smallest absolute Gasteiger partial charge is 0.193 e. The summed E-state index contributed by atoms with van der Waals surface area (Å²) in [6.45, 7) is 6.35. The van der Waals surface area contributed by atoms with Crippen molar-refractivity contribution >= 4 is 5.96 Å². The summed E-state index contributed by atoms with van der Waals surface area (Å²) in [6, 6.07) is 0. The Hall–Kier alpha value is -1.03. The molecule has 0 fully saturated rings. The Kier molecular flexibility index (Phi) is 14.3. The Labute approximate surface area is 74.7 Å². The third-order valence-corrected chi connectivity index (χ3v) is 0.660. The molecule has 0 unspecified atom stereocenters. The third kappa shape index (κ3) is 16.0. The summed E-state index contributed by atoms with van der Waals surface area (Å²) in [5.74, 6) is 0.343. The number of rotatable bonds is 2. The first-order chi connectivity index (χ1) is 5.72. The Morgan fingerprint density at radius 3 is 2.33 bits per heavy atom. The molecular weight excluding hydrogens is 152 g/mol. The first kappa shape index (κ1) is 13.6. The van der Waals surface area contributed by atoms with Crippen molar-refractivity contribution in [2.75, 3.05) is 6.67 Å². The van der Waals surface area contributed by atoms with Crippen LogP contribution >= 0.6 is 0 Å². The number of hydrogen-bond acceptors (Lipinski definition) is 2. The number of nitrogens with two attached hydrogens (primary N) is 2. The Morgan fingerprint density at radius 2 is 2.00 bits per heavy atom. The van der Waals surface area contributed by atoms with Crippen LogP contribution in [0.2, 0.25) is 0 Å². The van der Waals surface area contributed by atoms with Crippen LogP contribution in [0.25, 0.3) is 0 Å². The molecule has 12 heavy (non-hydrogen) atoms. The Bertz CT molecular complexity index is 129. The van der Waals surface area contributed by atoms with Crippen molar-refractivity contribution in [2.24, 2.45) is 16.5 Å². The predicted molar refractivity (Wildman–Crippen MR) is 54.6 cm³/mol. The summed E-state index contributed by atoms with van der Waals surface area (Å²) in [5, 5.41) is 2.70. The van der Waals surface area contributed by atoms with Crippen LogP contribution in [-0.4, -0.2) is 12.6 Å². The summed E-state index contributed by atoms with van der Waals surface area (Å²) in [4.78, 5) is 3.67. The summed E-state index contributed by atoms with van der Waals surface area (Å²) in [7, 11) is 0. The maximum absolute atomic E-state index is 5.28. The first-order valence-corrected chi connectivity index (χ1v) is 4.10. The highest BCUT2D eigenvalue weighted by Crippen LogP contribution is 1.63. The zero-order chi connectivity index (χ0) is 9.82. The molecule has 4 nitrogen and oxygen atoms in total. The van der Waals surface area contributed by atoms with Gasteiger partial charge in [0.25, 0.3) is 0 Å². The minimum Gasteiger partial charge on any atom is -0.370 e. The van der Waals surface area contributed by atoms with Crippen molar-refractivity contribution < 1.29 is 0 Å². The number of aliphatic imine (C=N–C) groups is 1. The maximum atomic E-state index is 5.28. The molecule has 0 aliphatic heterocycles. The van der Waals surface area contributed by atoms with E-state index < -0.39 is 0 Å². The van der Waals surface area contributed by atoms with Gasteiger partial charge in [-0.05, 0) is 13.1 Å². The molecule has 0 atom stereocenters. The lowest BCUT2D eigenvalue weighted by molar-refractivity contribution is 1.03. The van der Waals surface area contributed by atoms with E-state index in [1.54, 1.807) is 6.20 Å². The molecule has 0 spiro atoms. The van der Waals surface area contributed by atoms with Crippen molar-refractivity contribution in [1.82, 2.24) is 5.32 Å². The van der Waals surface area contributed by atoms with Gasteiger partial charge in [-0.3, -0.25) is 0 Å². The second-order valence-electron chi connectivity index (χ2n) is 2.08. The average molecular weight is 172 g/mol. The number of guanidine groups is 1. The van der Waals surface area contributed by atoms with Crippen molar-refractivity contribution in [1.29, 1.82) is 0 Å². The largest absolute Gasteiger partial charge is 0.370 e. The molecule has 5 N–H and O–H groups in total. The second kappa shape index (κ2) is 12.6. The van der Waals surface area contributed by atoms with Crippen LogP contribution in [0.15, 0.2) is 17.3 Å². The van der Waals surface area contributed by atoms with E-state index in [1.807, 2.05) is 13.0 Å². The number of allylic oxidation sites excluding steroid dienone is 1. The highest BCUT2D eigenvalue weighted by molar-refractivity contribution is 5.78. The number of nitrogens with one attached hydrogen (secondary N) is 1. The molecule has 0 aliphatic rings. The van der Waals surface area contributed by atoms with Gasteiger partial charge in [-0.1, -0.05) is 26.3 Å². The molecule has 4 heteroatoms. The molecule has 0 aromatic rings. The number of nitrogens with zero attached hydrogens (tertiary/aromatic N) is 1. The van der Waals surface area contributed by atoms with E-state index in [2.05, 4.69) is 24.2 Å². The van der Waals surface area contributed by atoms with E-state index in [1.165, 1.54) is 6.42 Å². The zero-order valence-corrected chi connectivity index (χ0v) is 8.17. The van der Waals surface area contributed by atoms with Gasteiger partial charge in [-0.25, -0.2) is 4.99 Å². The first-order valence-electron chi connectivity index (χ1n) is 4.10. The SMILES string of the molecule is C/C=C\N/C(N)=N\CN.CCC. The minimum absolute atomic E-state index is 0.219. The topological polar surface area (TPSA) is 76.4 Å². The van der Waals surface area contributed by atoms with Crippen molar-refractivity contribution in [3.05, 3.63) is 12.3 Å². The standard InChI is InChI=1S/C5H12N4.C3H8/c1-2-3-8-5(7)9-4-6;1-3-2/h2-3H,4,6H2,1H3,(H3,7,8,9);3H2,1-2H3/b3-2-;. The summed E-state index contributed by atoms with van der Waals surface area (Å²) < 4.78 is 0. The molecule has 0 rings (SSSR count). The van der Waals surface area contributed by atoms with E-state index in [0.29, 0.717) is 5.96 Å². The molecule has 0 radical (unpaired) electrons. The van der Waals surface area contributed by atoms with Crippen LogP contribution in [0, 0.1) is 0 Å². The Balaban J connectivity index is 0. The van der Waals surface area contributed by atoms with Gasteiger partial charge in [0.15, 0.2) is 5.96 Å². The number of hydrogen-bond donors (Lipinski definition) is 3. The molecule has 0 aromatic carbocycles. The lowest BCUT2D eigenvalue weighted by Crippen LogP contribution is -2.27. The van der Waals surface area contributed by atoms with Gasteiger partial charge in [0.2, 0.25) is 0 Å². The van der Waals surface area contributed by atoms with Crippen LogP contribution in [0.5, 0.6) is 0 Å². The van der Waals surface area contributed by atoms with Gasteiger partial charge >= 0.3 is 0 Å². The molecule has 0 bridgehead atoms. The lowest BCUT2D eigenvalue weighted by atomic mass is 10.6. The molecule has 72 valence electrons. The van der Waals surface area contributed by atoms with E-state index in [-0.39, 0.29) is 6.67 Å². The van der Waals surface area contributed by atoms with Gasteiger partial charge in [0.05, 0.1) is 6.67 Å². The fraction of sp³-hybridized carbons (Fsp3) is 0.625. The quantitative estimate of drug-likeness (QED) is 0.425. The monoisotopic (exact) mass is 172 g/mol. The van der Waals surface area contributed by atoms with Gasteiger partial charge in [0.1, 0.15) is 0 Å². The van der Waals surface area contributed by atoms with E-state index in [4.69, 9.17) is 11.5 Å². The minimum atomic E-state index is 0.219. The van der Waals surface area contributed by atoms with E-state index in [9.17, 15) is 0 Å². The maximum Gasteiger partial charge on any atom is 0.193 e. The fourth-order valence-electron chi connectivity index (χ4n) is 0.313. The summed E-state index contributed by atoms with van der Waals surface area (Å²) in [5.41, 5.74) is 10.3. The predicted octanol–water partition coefficient (Wildman–Crippen LogP) is 0.757. The van der Waals surface area contributed by atoms with Gasteiger partial charge in [0, 0.05) is 0 Å². The summed E-state index contributed by atoms with van der Waals surface area (Å²) >= 11 is 0. The molecular formula is C8H20N4. The molecule has 0 aliphatic carbocycles. The second-order valence-corrected chi connectivity index (χ2v) is 2.08. The third-order valence-electron chi connectivity index (χ3n) is 0.660. The Morgan fingerprint density at radius 1 is 1.50 bits per heavy atom. The molecule has 0 aromatic heterocycles. The molecule has 0 heterocycles. The van der Waals surface area contributed by atoms with Crippen molar-refractivity contribution in [3.63, 3.8) is 0 Å². The van der Waals surface area contributed by atoms with E-state index in [0.717, 1.165) is 0 Å².